The molecule has 0 saturated heterocycles. The van der Waals surface area contributed by atoms with Crippen LogP contribution in [-0.2, 0) is 14.3 Å². The van der Waals surface area contributed by atoms with Crippen LogP contribution in [0.3, 0.4) is 0 Å². The van der Waals surface area contributed by atoms with Crippen molar-refractivity contribution in [2.45, 2.75) is 11.8 Å². The normalized spacial score (nSPS) is 14.5. The third-order valence-electron chi connectivity index (χ3n) is 6.60. The maximum absolute atomic E-state index is 13.8. The molecule has 2 N–H and O–H groups in total. The second-order valence-electron chi connectivity index (χ2n) is 8.97. The fourth-order valence-electron chi connectivity index (χ4n) is 4.98. The van der Waals surface area contributed by atoms with Crippen LogP contribution in [0.25, 0.3) is 0 Å². The molecule has 0 spiro atoms. The molecule has 6 rings (SSSR count). The van der Waals surface area contributed by atoms with Gasteiger partial charge in [-0.05, 0) is 24.3 Å². The lowest BCUT2D eigenvalue weighted by molar-refractivity contribution is -0.160. The summed E-state index contributed by atoms with van der Waals surface area (Å²) in [6, 6.07) is 22.6. The van der Waals surface area contributed by atoms with Crippen LogP contribution in [0.5, 0.6) is 34.5 Å². The van der Waals surface area contributed by atoms with Gasteiger partial charge in [-0.15, -0.1) is 0 Å². The third-order valence-corrected chi connectivity index (χ3v) is 6.60. The standard InChI is InChI=1S/C30H18O11/c31-27(23-15-7-1-4-10-19(15)37-20-11-5-2-8-16(20)23)41-28(32)24-17-9-3-6-12-21(17)38-25-18(24)13-14-22(39-29(33)34)26(25)40-30(35)36/h1-14,23-24H,(H,33,34)(H,35,36). The summed E-state index contributed by atoms with van der Waals surface area (Å²) in [5, 5.41) is 18.4. The summed E-state index contributed by atoms with van der Waals surface area (Å²) in [5.41, 5.74) is 1.44. The minimum Gasteiger partial charge on any atom is -0.457 e. The highest BCUT2D eigenvalue weighted by Gasteiger charge is 2.41. The molecule has 0 saturated carbocycles. The molecule has 1 atom stereocenters. The van der Waals surface area contributed by atoms with Gasteiger partial charge in [-0.1, -0.05) is 60.7 Å². The number of hydrogen-bond donors (Lipinski definition) is 2. The van der Waals surface area contributed by atoms with Crippen LogP contribution in [0.1, 0.15) is 34.1 Å². The molecule has 0 fully saturated rings. The molecular weight excluding hydrogens is 536 g/mol. The Bertz CT molecular complexity index is 1700. The smallest absolute Gasteiger partial charge is 0.457 e. The second kappa shape index (κ2) is 10.0. The van der Waals surface area contributed by atoms with E-state index in [1.807, 2.05) is 0 Å². The summed E-state index contributed by atoms with van der Waals surface area (Å²) in [7, 11) is 0. The van der Waals surface area contributed by atoms with E-state index in [2.05, 4.69) is 4.74 Å². The van der Waals surface area contributed by atoms with Crippen molar-refractivity contribution in [3.8, 4) is 34.5 Å². The molecule has 2 aliphatic heterocycles. The number of hydrogen-bond acceptors (Lipinski definition) is 9. The molecule has 2 aliphatic rings. The number of carboxylic acid groups (broad SMARTS) is 2. The van der Waals surface area contributed by atoms with Gasteiger partial charge >= 0.3 is 24.2 Å². The fraction of sp³-hybridized carbons (Fsp3) is 0.0667. The molecule has 11 nitrogen and oxygen atoms in total. The minimum atomic E-state index is -1.78. The topological polar surface area (TPSA) is 155 Å². The molecule has 11 heteroatoms. The molecule has 2 heterocycles. The average molecular weight is 554 g/mol. The van der Waals surface area contributed by atoms with Gasteiger partial charge in [-0.25, -0.2) is 9.59 Å². The van der Waals surface area contributed by atoms with Crippen molar-refractivity contribution in [1.82, 2.24) is 0 Å². The Labute approximate surface area is 231 Å². The highest BCUT2D eigenvalue weighted by molar-refractivity contribution is 5.97. The summed E-state index contributed by atoms with van der Waals surface area (Å²) < 4.78 is 26.8. The fourth-order valence-corrected chi connectivity index (χ4v) is 4.98. The highest BCUT2D eigenvalue weighted by Crippen LogP contribution is 2.52. The quantitative estimate of drug-likeness (QED) is 0.172. The molecule has 1 unspecified atom stereocenters. The lowest BCUT2D eigenvalue weighted by Gasteiger charge is -2.29. The van der Waals surface area contributed by atoms with Crippen molar-refractivity contribution in [1.29, 1.82) is 0 Å². The van der Waals surface area contributed by atoms with Crippen LogP contribution in [0.4, 0.5) is 9.59 Å². The Hall–Kier alpha value is -5.84. The maximum Gasteiger partial charge on any atom is 0.511 e. The first-order chi connectivity index (χ1) is 19.8. The summed E-state index contributed by atoms with van der Waals surface area (Å²) >= 11 is 0. The molecule has 0 amide bonds. The summed E-state index contributed by atoms with van der Waals surface area (Å²) in [6.45, 7) is 0. The SMILES string of the molecule is O=C(O)Oc1ccc2c(c1OC(=O)O)Oc1ccccc1C2C(=O)OC(=O)C1c2ccccc2Oc2ccccc21. The van der Waals surface area contributed by atoms with E-state index in [1.54, 1.807) is 66.7 Å². The Morgan fingerprint density at radius 2 is 1.02 bits per heavy atom. The van der Waals surface area contributed by atoms with E-state index in [0.717, 1.165) is 6.07 Å². The maximum atomic E-state index is 13.8. The lowest BCUT2D eigenvalue weighted by Crippen LogP contribution is -2.28. The van der Waals surface area contributed by atoms with Crippen molar-refractivity contribution < 1.29 is 53.1 Å². The zero-order valence-electron chi connectivity index (χ0n) is 20.8. The van der Waals surface area contributed by atoms with Crippen LogP contribution >= 0.6 is 0 Å². The summed E-state index contributed by atoms with van der Waals surface area (Å²) in [6.07, 6.45) is -3.50. The molecule has 0 aromatic heterocycles. The largest absolute Gasteiger partial charge is 0.511 e. The van der Waals surface area contributed by atoms with Crippen molar-refractivity contribution in [2.75, 3.05) is 0 Å². The van der Waals surface area contributed by atoms with Gasteiger partial charge in [0.1, 0.15) is 29.1 Å². The van der Waals surface area contributed by atoms with Gasteiger partial charge in [0, 0.05) is 22.3 Å². The van der Waals surface area contributed by atoms with Crippen molar-refractivity contribution >= 4 is 24.2 Å². The number of ether oxygens (including phenoxy) is 5. The van der Waals surface area contributed by atoms with E-state index in [4.69, 9.17) is 24.1 Å². The van der Waals surface area contributed by atoms with Crippen LogP contribution < -0.4 is 18.9 Å². The van der Waals surface area contributed by atoms with Crippen LogP contribution in [0.2, 0.25) is 0 Å². The van der Waals surface area contributed by atoms with Crippen LogP contribution in [0.15, 0.2) is 84.9 Å². The van der Waals surface area contributed by atoms with E-state index < -0.39 is 47.6 Å². The van der Waals surface area contributed by atoms with Gasteiger partial charge in [-0.2, -0.15) is 0 Å². The molecular formula is C30H18O11. The molecule has 0 bridgehead atoms. The number of benzene rings is 4. The number of para-hydroxylation sites is 3. The van der Waals surface area contributed by atoms with Crippen LogP contribution in [-0.4, -0.2) is 34.5 Å². The first-order valence-corrected chi connectivity index (χ1v) is 12.2. The van der Waals surface area contributed by atoms with E-state index in [9.17, 15) is 24.3 Å². The van der Waals surface area contributed by atoms with Crippen molar-refractivity contribution in [3.05, 3.63) is 107 Å². The van der Waals surface area contributed by atoms with Gasteiger partial charge in [0.15, 0.2) is 11.5 Å². The lowest BCUT2D eigenvalue weighted by atomic mass is 9.86. The Balaban J connectivity index is 1.41. The van der Waals surface area contributed by atoms with E-state index in [-0.39, 0.29) is 17.1 Å². The summed E-state index contributed by atoms with van der Waals surface area (Å²) in [5.74, 6) is -4.35. The molecule has 0 aliphatic carbocycles. The van der Waals surface area contributed by atoms with Gasteiger partial charge in [-0.3, -0.25) is 9.59 Å². The second-order valence-corrected chi connectivity index (χ2v) is 8.97. The molecule has 41 heavy (non-hydrogen) atoms. The van der Waals surface area contributed by atoms with Gasteiger partial charge in [0.2, 0.25) is 5.75 Å². The first-order valence-electron chi connectivity index (χ1n) is 12.2. The van der Waals surface area contributed by atoms with Crippen LogP contribution in [0, 0.1) is 0 Å². The Kier molecular flexibility index (Phi) is 6.23. The predicted octanol–water partition coefficient (Wildman–Crippen LogP) is 6.05. The van der Waals surface area contributed by atoms with Crippen molar-refractivity contribution in [2.24, 2.45) is 0 Å². The van der Waals surface area contributed by atoms with Gasteiger partial charge in [0.05, 0.1) is 0 Å². The zero-order chi connectivity index (χ0) is 28.7. The van der Waals surface area contributed by atoms with E-state index in [0.29, 0.717) is 28.2 Å². The van der Waals surface area contributed by atoms with E-state index in [1.165, 1.54) is 12.1 Å². The van der Waals surface area contributed by atoms with Crippen molar-refractivity contribution in [3.63, 3.8) is 0 Å². The predicted molar refractivity (Wildman–Crippen MR) is 138 cm³/mol. The molecule has 204 valence electrons. The van der Waals surface area contributed by atoms with Gasteiger partial charge < -0.3 is 33.9 Å². The van der Waals surface area contributed by atoms with E-state index >= 15 is 0 Å². The molecule has 0 radical (unpaired) electrons. The number of fused-ring (bicyclic) bond motifs is 4. The average Bonchev–Trinajstić information content (AvgIpc) is 2.95. The monoisotopic (exact) mass is 554 g/mol. The number of carbonyl (C=O) groups is 4. The number of carbonyl (C=O) groups excluding carboxylic acids is 2. The Morgan fingerprint density at radius 1 is 0.561 bits per heavy atom. The Morgan fingerprint density at radius 3 is 1.54 bits per heavy atom. The number of rotatable bonds is 4. The zero-order valence-corrected chi connectivity index (χ0v) is 20.8. The first kappa shape index (κ1) is 25.4. The van der Waals surface area contributed by atoms with Gasteiger partial charge in [0.25, 0.3) is 0 Å². The highest BCUT2D eigenvalue weighted by atomic mass is 16.7. The molecule has 4 aromatic rings. The number of esters is 2. The summed E-state index contributed by atoms with van der Waals surface area (Å²) in [4.78, 5) is 50.1. The minimum absolute atomic E-state index is 0.0725. The molecule has 4 aromatic carbocycles. The third kappa shape index (κ3) is 4.55.